The van der Waals surface area contributed by atoms with Crippen LogP contribution in [0.25, 0.3) is 0 Å². The maximum atomic E-state index is 13.3. The first-order chi connectivity index (χ1) is 13.9. The van der Waals surface area contributed by atoms with E-state index in [0.29, 0.717) is 22.2 Å². The third kappa shape index (κ3) is 5.85. The number of amides is 1. The van der Waals surface area contributed by atoms with Crippen molar-refractivity contribution in [1.29, 1.82) is 0 Å². The number of hydrogen-bond acceptors (Lipinski definition) is 4. The Hall–Kier alpha value is -2.77. The van der Waals surface area contributed by atoms with Crippen LogP contribution in [-0.4, -0.2) is 17.6 Å². The number of carbonyl (C=O) groups excluding carboxylic acids is 1. The molecule has 0 unspecified atom stereocenters. The predicted octanol–water partition coefficient (Wildman–Crippen LogP) is 4.58. The summed E-state index contributed by atoms with van der Waals surface area (Å²) in [5.41, 5.74) is 0.756. The summed E-state index contributed by atoms with van der Waals surface area (Å²) in [5.74, 6) is -0.176. The zero-order valence-electron chi connectivity index (χ0n) is 15.5. The summed E-state index contributed by atoms with van der Waals surface area (Å²) in [6.45, 7) is -0.0519. The van der Waals surface area contributed by atoms with Gasteiger partial charge in [0.1, 0.15) is 12.4 Å². The number of halogens is 2. The third-order valence-electron chi connectivity index (χ3n) is 4.03. The lowest BCUT2D eigenvalue weighted by Crippen LogP contribution is -2.22. The van der Waals surface area contributed by atoms with Gasteiger partial charge in [-0.1, -0.05) is 17.7 Å². The molecule has 0 aliphatic heterocycles. The normalized spacial score (nSPS) is 10.6. The highest BCUT2D eigenvalue weighted by atomic mass is 35.5. The number of anilines is 1. The van der Waals surface area contributed by atoms with Gasteiger partial charge in [0.05, 0.1) is 13.3 Å². The number of ether oxygens (including phenoxy) is 1. The van der Waals surface area contributed by atoms with Crippen LogP contribution in [0.5, 0.6) is 5.75 Å². The second-order valence-electron chi connectivity index (χ2n) is 6.13. The second-order valence-corrected chi connectivity index (χ2v) is 7.61. The van der Waals surface area contributed by atoms with E-state index in [1.807, 2.05) is 12.1 Å². The molecule has 1 heterocycles. The van der Waals surface area contributed by atoms with Crippen molar-refractivity contribution in [3.05, 3.63) is 87.6 Å². The van der Waals surface area contributed by atoms with Crippen LogP contribution in [0.1, 0.15) is 5.69 Å². The van der Waals surface area contributed by atoms with Crippen LogP contribution in [0.3, 0.4) is 0 Å². The van der Waals surface area contributed by atoms with Gasteiger partial charge in [-0.15, -0.1) is 11.8 Å². The molecule has 0 radical (unpaired) electrons. The number of methoxy groups -OCH3 is 1. The molecule has 1 N–H and O–H groups in total. The van der Waals surface area contributed by atoms with E-state index >= 15 is 0 Å². The van der Waals surface area contributed by atoms with E-state index in [-0.39, 0.29) is 23.6 Å². The Bertz CT molecular complexity index is 1070. The fourth-order valence-corrected chi connectivity index (χ4v) is 3.65. The van der Waals surface area contributed by atoms with Crippen LogP contribution < -0.4 is 15.5 Å². The van der Waals surface area contributed by atoms with Gasteiger partial charge in [-0.2, -0.15) is 0 Å². The molecule has 3 aromatic rings. The molecule has 0 saturated carbocycles. The minimum Gasteiger partial charge on any atom is -0.491 e. The molecule has 0 aliphatic rings. The van der Waals surface area contributed by atoms with Crippen LogP contribution in [0.4, 0.5) is 10.1 Å². The van der Waals surface area contributed by atoms with E-state index in [2.05, 4.69) is 5.32 Å². The summed E-state index contributed by atoms with van der Waals surface area (Å²) >= 11 is 7.42. The maximum absolute atomic E-state index is 13.3. The molecule has 150 valence electrons. The number of aromatic nitrogens is 1. The summed E-state index contributed by atoms with van der Waals surface area (Å²) < 4.78 is 20.1. The van der Waals surface area contributed by atoms with Crippen LogP contribution in [0.15, 0.2) is 70.5 Å². The van der Waals surface area contributed by atoms with Gasteiger partial charge in [0.15, 0.2) is 5.75 Å². The Morgan fingerprint density at radius 3 is 2.66 bits per heavy atom. The molecule has 5 nitrogen and oxygen atoms in total. The molecule has 2 aromatic carbocycles. The van der Waals surface area contributed by atoms with Gasteiger partial charge >= 0.3 is 0 Å². The molecule has 8 heteroatoms. The third-order valence-corrected chi connectivity index (χ3v) is 5.32. The maximum Gasteiger partial charge on any atom is 0.244 e. The van der Waals surface area contributed by atoms with Crippen molar-refractivity contribution < 1.29 is 13.9 Å². The van der Waals surface area contributed by atoms with E-state index in [1.54, 1.807) is 22.8 Å². The summed E-state index contributed by atoms with van der Waals surface area (Å²) in [5, 5.41) is 3.29. The van der Waals surface area contributed by atoms with Crippen LogP contribution in [0, 0.1) is 5.82 Å². The lowest BCUT2D eigenvalue weighted by molar-refractivity contribution is -0.116. The highest BCUT2D eigenvalue weighted by molar-refractivity contribution is 7.98. The van der Waals surface area contributed by atoms with Crippen molar-refractivity contribution in [1.82, 2.24) is 4.57 Å². The number of benzene rings is 2. The fourth-order valence-electron chi connectivity index (χ4n) is 2.63. The van der Waals surface area contributed by atoms with Crippen molar-refractivity contribution in [2.24, 2.45) is 0 Å². The average Bonchev–Trinajstić information content (AvgIpc) is 2.69. The molecule has 0 spiro atoms. The molecule has 3 rings (SSSR count). The van der Waals surface area contributed by atoms with Gasteiger partial charge in [-0.05, 0) is 42.5 Å². The van der Waals surface area contributed by atoms with Crippen molar-refractivity contribution in [3.63, 3.8) is 0 Å². The Morgan fingerprint density at radius 1 is 1.21 bits per heavy atom. The first-order valence-corrected chi connectivity index (χ1v) is 10.0. The van der Waals surface area contributed by atoms with Crippen molar-refractivity contribution in [2.45, 2.75) is 17.2 Å². The minimum atomic E-state index is -0.437. The Kier molecular flexibility index (Phi) is 6.95. The minimum absolute atomic E-state index is 0.0519. The molecule has 29 heavy (non-hydrogen) atoms. The SMILES string of the molecule is COc1cn(CC(=O)Nc2cccc(F)c2)c(CSc2ccc(Cl)cc2)cc1=O. The molecule has 0 atom stereocenters. The van der Waals surface area contributed by atoms with Crippen molar-refractivity contribution in [3.8, 4) is 5.75 Å². The van der Waals surface area contributed by atoms with Gasteiger partial charge in [0.2, 0.25) is 11.3 Å². The Labute approximate surface area is 176 Å². The molecular formula is C21H18ClFN2O3S. The Morgan fingerprint density at radius 2 is 1.97 bits per heavy atom. The largest absolute Gasteiger partial charge is 0.491 e. The number of carbonyl (C=O) groups is 1. The zero-order chi connectivity index (χ0) is 20.8. The molecule has 0 fully saturated rings. The number of nitrogens with zero attached hydrogens (tertiary/aromatic N) is 1. The number of nitrogens with one attached hydrogen (secondary N) is 1. The van der Waals surface area contributed by atoms with Gasteiger partial charge in [-0.3, -0.25) is 9.59 Å². The highest BCUT2D eigenvalue weighted by Crippen LogP contribution is 2.24. The standard InChI is InChI=1S/C21H18ClFN2O3S/c1-28-20-11-25(12-21(27)24-16-4-2-3-15(23)9-16)17(10-19(20)26)13-29-18-7-5-14(22)6-8-18/h2-11H,12-13H2,1H3,(H,24,27). The van der Waals surface area contributed by atoms with Crippen LogP contribution >= 0.6 is 23.4 Å². The summed E-state index contributed by atoms with van der Waals surface area (Å²) in [4.78, 5) is 25.6. The molecule has 0 aliphatic carbocycles. The topological polar surface area (TPSA) is 60.3 Å². The summed E-state index contributed by atoms with van der Waals surface area (Å²) in [6.07, 6.45) is 1.51. The number of thioether (sulfide) groups is 1. The van der Waals surface area contributed by atoms with Gasteiger partial charge in [-0.25, -0.2) is 4.39 Å². The first kappa shape index (κ1) is 21.0. The number of pyridine rings is 1. The van der Waals surface area contributed by atoms with E-state index in [0.717, 1.165) is 4.90 Å². The highest BCUT2D eigenvalue weighted by Gasteiger charge is 2.12. The second kappa shape index (κ2) is 9.62. The number of hydrogen-bond donors (Lipinski definition) is 1. The van der Waals surface area contributed by atoms with Gasteiger partial charge in [0.25, 0.3) is 0 Å². The number of rotatable bonds is 7. The monoisotopic (exact) mass is 432 g/mol. The van der Waals surface area contributed by atoms with Crippen LogP contribution in [0.2, 0.25) is 5.02 Å². The van der Waals surface area contributed by atoms with E-state index < -0.39 is 5.82 Å². The smallest absolute Gasteiger partial charge is 0.244 e. The van der Waals surface area contributed by atoms with E-state index in [4.69, 9.17) is 16.3 Å². The Balaban J connectivity index is 1.78. The quantitative estimate of drug-likeness (QED) is 0.555. The fraction of sp³-hybridized carbons (Fsp3) is 0.143. The van der Waals surface area contributed by atoms with Gasteiger partial charge < -0.3 is 14.6 Å². The van der Waals surface area contributed by atoms with Crippen molar-refractivity contribution in [2.75, 3.05) is 12.4 Å². The van der Waals surface area contributed by atoms with E-state index in [9.17, 15) is 14.0 Å². The van der Waals surface area contributed by atoms with Crippen LogP contribution in [-0.2, 0) is 17.1 Å². The summed E-state index contributed by atoms with van der Waals surface area (Å²) in [6, 6.07) is 14.5. The summed E-state index contributed by atoms with van der Waals surface area (Å²) in [7, 11) is 1.40. The zero-order valence-corrected chi connectivity index (χ0v) is 17.1. The molecule has 0 bridgehead atoms. The molecule has 0 saturated heterocycles. The molecule has 1 amide bonds. The molecular weight excluding hydrogens is 415 g/mol. The average molecular weight is 433 g/mol. The first-order valence-electron chi connectivity index (χ1n) is 8.66. The van der Waals surface area contributed by atoms with Gasteiger partial charge in [0, 0.05) is 33.1 Å². The lowest BCUT2D eigenvalue weighted by atomic mass is 10.3. The predicted molar refractivity (Wildman–Crippen MR) is 113 cm³/mol. The lowest BCUT2D eigenvalue weighted by Gasteiger charge is -2.15. The van der Waals surface area contributed by atoms with E-state index in [1.165, 1.54) is 49.3 Å². The molecule has 1 aromatic heterocycles. The van der Waals surface area contributed by atoms with Crippen molar-refractivity contribution >= 4 is 35.0 Å².